The number of thioether (sulfide) groups is 1. The van der Waals surface area contributed by atoms with Gasteiger partial charge < -0.3 is 15.0 Å². The van der Waals surface area contributed by atoms with Crippen LogP contribution < -0.4 is 10.5 Å². The van der Waals surface area contributed by atoms with E-state index in [4.69, 9.17) is 15.0 Å². The van der Waals surface area contributed by atoms with Crippen LogP contribution in [0.2, 0.25) is 0 Å². The lowest BCUT2D eigenvalue weighted by Crippen LogP contribution is -1.91. The molecule has 0 unspecified atom stereocenters. The van der Waals surface area contributed by atoms with Crippen LogP contribution in [0.15, 0.2) is 27.6 Å². The first-order valence-corrected chi connectivity index (χ1v) is 6.03. The van der Waals surface area contributed by atoms with Gasteiger partial charge in [0.15, 0.2) is 5.82 Å². The predicted molar refractivity (Wildman–Crippen MR) is 66.0 cm³/mol. The zero-order chi connectivity index (χ0) is 12.3. The molecule has 0 aliphatic carbocycles. The largest absolute Gasteiger partial charge is 0.497 e. The van der Waals surface area contributed by atoms with Crippen LogP contribution in [-0.2, 0) is 5.75 Å². The number of methoxy groups -OCH3 is 1. The van der Waals surface area contributed by atoms with Crippen molar-refractivity contribution in [3.05, 3.63) is 29.9 Å². The smallest absolute Gasteiger partial charge is 0.236 e. The van der Waals surface area contributed by atoms with Gasteiger partial charge in [-0.15, -0.1) is 11.8 Å². The first kappa shape index (κ1) is 11.8. The summed E-state index contributed by atoms with van der Waals surface area (Å²) in [6.07, 6.45) is 0. The van der Waals surface area contributed by atoms with Crippen LogP contribution in [0.4, 0.5) is 5.69 Å². The predicted octanol–water partition coefficient (Wildman–Crippen LogP) is 2.26. The quantitative estimate of drug-likeness (QED) is 0.663. The maximum absolute atomic E-state index is 5.87. The molecule has 17 heavy (non-hydrogen) atoms. The van der Waals surface area contributed by atoms with Crippen molar-refractivity contribution in [1.29, 1.82) is 0 Å². The summed E-state index contributed by atoms with van der Waals surface area (Å²) in [5.41, 5.74) is 6.59. The molecule has 0 aliphatic heterocycles. The number of nitrogen functional groups attached to an aromatic ring is 1. The number of rotatable bonds is 4. The molecule has 0 amide bonds. The van der Waals surface area contributed by atoms with Gasteiger partial charge in [-0.25, -0.2) is 0 Å². The van der Waals surface area contributed by atoms with E-state index in [2.05, 4.69) is 10.1 Å². The summed E-state index contributed by atoms with van der Waals surface area (Å²) in [5, 5.41) is 3.73. The van der Waals surface area contributed by atoms with Gasteiger partial charge in [0, 0.05) is 10.6 Å². The van der Waals surface area contributed by atoms with E-state index < -0.39 is 0 Å². The second-order valence-electron chi connectivity index (χ2n) is 3.43. The third-order valence-corrected chi connectivity index (χ3v) is 3.20. The van der Waals surface area contributed by atoms with Crippen molar-refractivity contribution in [2.24, 2.45) is 0 Å². The lowest BCUT2D eigenvalue weighted by atomic mass is 10.3. The van der Waals surface area contributed by atoms with Gasteiger partial charge in [-0.05, 0) is 25.1 Å². The molecular formula is C11H13N3O2S. The van der Waals surface area contributed by atoms with Crippen molar-refractivity contribution < 1.29 is 9.26 Å². The molecule has 1 aromatic carbocycles. The molecule has 5 nitrogen and oxygen atoms in total. The van der Waals surface area contributed by atoms with Crippen molar-refractivity contribution in [2.75, 3.05) is 12.8 Å². The van der Waals surface area contributed by atoms with Gasteiger partial charge in [0.1, 0.15) is 5.75 Å². The number of hydrogen-bond donors (Lipinski definition) is 1. The van der Waals surface area contributed by atoms with E-state index in [1.807, 2.05) is 18.2 Å². The van der Waals surface area contributed by atoms with Gasteiger partial charge >= 0.3 is 0 Å². The van der Waals surface area contributed by atoms with E-state index in [1.54, 1.807) is 25.8 Å². The van der Waals surface area contributed by atoms with Gasteiger partial charge in [0.2, 0.25) is 5.89 Å². The summed E-state index contributed by atoms with van der Waals surface area (Å²) in [5.74, 6) is 2.61. The lowest BCUT2D eigenvalue weighted by Gasteiger charge is -2.06. The molecule has 6 heteroatoms. The summed E-state index contributed by atoms with van der Waals surface area (Å²) < 4.78 is 10.2. The van der Waals surface area contributed by atoms with E-state index in [0.29, 0.717) is 23.2 Å². The lowest BCUT2D eigenvalue weighted by molar-refractivity contribution is 0.387. The minimum absolute atomic E-state index is 0.592. The van der Waals surface area contributed by atoms with Crippen LogP contribution in [0.1, 0.15) is 11.7 Å². The fourth-order valence-corrected chi connectivity index (χ4v) is 2.14. The van der Waals surface area contributed by atoms with E-state index in [1.165, 1.54) is 0 Å². The molecular weight excluding hydrogens is 238 g/mol. The SMILES string of the molecule is COc1ccc(N)c(SCc2nc(C)no2)c1. The van der Waals surface area contributed by atoms with Crippen molar-refractivity contribution in [2.45, 2.75) is 17.6 Å². The summed E-state index contributed by atoms with van der Waals surface area (Å²) in [6.45, 7) is 1.79. The third kappa shape index (κ3) is 2.91. The fourth-order valence-electron chi connectivity index (χ4n) is 1.30. The van der Waals surface area contributed by atoms with Gasteiger partial charge in [-0.2, -0.15) is 4.98 Å². The summed E-state index contributed by atoms with van der Waals surface area (Å²) in [6, 6.07) is 5.54. The molecule has 2 rings (SSSR count). The number of anilines is 1. The highest BCUT2D eigenvalue weighted by Gasteiger charge is 2.07. The minimum atomic E-state index is 0.592. The highest BCUT2D eigenvalue weighted by Crippen LogP contribution is 2.30. The molecule has 0 atom stereocenters. The van der Waals surface area contributed by atoms with Crippen molar-refractivity contribution in [3.8, 4) is 5.75 Å². The normalized spacial score (nSPS) is 10.5. The van der Waals surface area contributed by atoms with E-state index >= 15 is 0 Å². The molecule has 0 saturated carbocycles. The van der Waals surface area contributed by atoms with Crippen LogP contribution >= 0.6 is 11.8 Å². The van der Waals surface area contributed by atoms with Crippen molar-refractivity contribution >= 4 is 17.4 Å². The number of ether oxygens (including phenoxy) is 1. The third-order valence-electron chi connectivity index (χ3n) is 2.14. The molecule has 1 aromatic heterocycles. The van der Waals surface area contributed by atoms with Gasteiger partial charge in [0.25, 0.3) is 0 Å². The topological polar surface area (TPSA) is 74.2 Å². The van der Waals surface area contributed by atoms with Crippen LogP contribution in [0.25, 0.3) is 0 Å². The molecule has 90 valence electrons. The Morgan fingerprint density at radius 1 is 1.47 bits per heavy atom. The Balaban J connectivity index is 2.07. The Kier molecular flexibility index (Phi) is 3.53. The van der Waals surface area contributed by atoms with Crippen molar-refractivity contribution in [3.63, 3.8) is 0 Å². The van der Waals surface area contributed by atoms with E-state index in [0.717, 1.165) is 10.6 Å². The number of nitrogens with zero attached hydrogens (tertiary/aromatic N) is 2. The first-order valence-electron chi connectivity index (χ1n) is 5.04. The molecule has 0 radical (unpaired) electrons. The van der Waals surface area contributed by atoms with Crippen LogP contribution in [-0.4, -0.2) is 17.3 Å². The Labute approximate surface area is 103 Å². The molecule has 0 spiro atoms. The molecule has 2 aromatic rings. The van der Waals surface area contributed by atoms with Gasteiger partial charge in [0.05, 0.1) is 12.9 Å². The maximum atomic E-state index is 5.87. The standard InChI is InChI=1S/C11H13N3O2S/c1-7-13-11(16-14-7)6-17-10-5-8(15-2)3-4-9(10)12/h3-5H,6,12H2,1-2H3. The Morgan fingerprint density at radius 3 is 2.94 bits per heavy atom. The average Bonchev–Trinajstić information content (AvgIpc) is 2.74. The minimum Gasteiger partial charge on any atom is -0.497 e. The summed E-state index contributed by atoms with van der Waals surface area (Å²) in [4.78, 5) is 5.07. The second-order valence-corrected chi connectivity index (χ2v) is 4.44. The second kappa shape index (κ2) is 5.09. The van der Waals surface area contributed by atoms with Crippen LogP contribution in [0.5, 0.6) is 5.75 Å². The molecule has 0 fully saturated rings. The molecule has 0 bridgehead atoms. The highest BCUT2D eigenvalue weighted by molar-refractivity contribution is 7.98. The summed E-state index contributed by atoms with van der Waals surface area (Å²) in [7, 11) is 1.63. The van der Waals surface area contributed by atoms with Crippen LogP contribution in [0.3, 0.4) is 0 Å². The molecule has 0 saturated heterocycles. The Hall–Kier alpha value is -1.69. The Bertz CT molecular complexity index is 513. The summed E-state index contributed by atoms with van der Waals surface area (Å²) >= 11 is 1.54. The first-order chi connectivity index (χ1) is 8.19. The van der Waals surface area contributed by atoms with Gasteiger partial charge in [-0.1, -0.05) is 5.16 Å². The number of nitrogens with two attached hydrogens (primary N) is 1. The van der Waals surface area contributed by atoms with E-state index in [9.17, 15) is 0 Å². The molecule has 0 aliphatic rings. The van der Waals surface area contributed by atoms with Gasteiger partial charge in [-0.3, -0.25) is 0 Å². The zero-order valence-electron chi connectivity index (χ0n) is 9.64. The highest BCUT2D eigenvalue weighted by atomic mass is 32.2. The zero-order valence-corrected chi connectivity index (χ0v) is 10.5. The monoisotopic (exact) mass is 251 g/mol. The number of hydrogen-bond acceptors (Lipinski definition) is 6. The maximum Gasteiger partial charge on any atom is 0.236 e. The number of aromatic nitrogens is 2. The number of aryl methyl sites for hydroxylation is 1. The number of benzene rings is 1. The van der Waals surface area contributed by atoms with Crippen LogP contribution in [0, 0.1) is 6.92 Å². The van der Waals surface area contributed by atoms with E-state index in [-0.39, 0.29) is 0 Å². The molecule has 1 heterocycles. The Morgan fingerprint density at radius 2 is 2.29 bits per heavy atom. The average molecular weight is 251 g/mol. The fraction of sp³-hybridized carbons (Fsp3) is 0.273. The van der Waals surface area contributed by atoms with Crippen molar-refractivity contribution in [1.82, 2.24) is 10.1 Å². The molecule has 2 N–H and O–H groups in total.